The van der Waals surface area contributed by atoms with E-state index in [1.165, 1.54) is 25.7 Å². The highest BCUT2D eigenvalue weighted by molar-refractivity contribution is 5.23. The minimum Gasteiger partial charge on any atom is -0.0877 e. The Kier molecular flexibility index (Phi) is 1.67. The smallest absolute Gasteiger partial charge is 0.0172 e. The fraction of sp³-hybridized carbons (Fsp3) is 0.867. The summed E-state index contributed by atoms with van der Waals surface area (Å²) in [5.41, 5.74) is 1.86. The van der Waals surface area contributed by atoms with Gasteiger partial charge in [-0.1, -0.05) is 39.8 Å². The molecule has 2 fully saturated rings. The minimum atomic E-state index is 0.591. The lowest BCUT2D eigenvalue weighted by molar-refractivity contribution is 0.0576. The zero-order chi connectivity index (χ0) is 10.9. The second kappa shape index (κ2) is 2.52. The monoisotopic (exact) mass is 204 g/mol. The molecule has 0 amide bonds. The van der Waals surface area contributed by atoms with Crippen LogP contribution in [-0.2, 0) is 0 Å². The van der Waals surface area contributed by atoms with Gasteiger partial charge in [0.05, 0.1) is 0 Å². The molecule has 0 heteroatoms. The van der Waals surface area contributed by atoms with Crippen molar-refractivity contribution in [3.05, 3.63) is 12.2 Å². The van der Waals surface area contributed by atoms with Crippen LogP contribution in [0.15, 0.2) is 12.2 Å². The Balaban J connectivity index is 2.15. The molecule has 2 bridgehead atoms. The second-order valence-corrected chi connectivity index (χ2v) is 7.25. The maximum atomic E-state index is 2.58. The van der Waals surface area contributed by atoms with E-state index in [2.05, 4.69) is 39.8 Å². The third kappa shape index (κ3) is 0.905. The molecule has 3 aliphatic carbocycles. The number of hydrogen-bond acceptors (Lipinski definition) is 0. The predicted molar refractivity (Wildman–Crippen MR) is 64.6 cm³/mol. The molecule has 0 aliphatic heterocycles. The van der Waals surface area contributed by atoms with E-state index in [4.69, 9.17) is 0 Å². The average molecular weight is 204 g/mol. The highest BCUT2D eigenvalue weighted by atomic mass is 14.7. The van der Waals surface area contributed by atoms with Crippen molar-refractivity contribution in [2.45, 2.75) is 53.4 Å². The van der Waals surface area contributed by atoms with Gasteiger partial charge in [0, 0.05) is 0 Å². The Morgan fingerprint density at radius 1 is 1.20 bits per heavy atom. The fourth-order valence-corrected chi connectivity index (χ4v) is 5.79. The molecule has 2 saturated carbocycles. The molecule has 0 nitrogen and oxygen atoms in total. The van der Waals surface area contributed by atoms with E-state index in [0.717, 1.165) is 11.8 Å². The largest absolute Gasteiger partial charge is 0.0877 e. The first-order chi connectivity index (χ1) is 6.92. The van der Waals surface area contributed by atoms with Crippen molar-refractivity contribution in [1.29, 1.82) is 0 Å². The Bertz CT molecular complexity index is 325. The lowest BCUT2D eigenvalue weighted by Crippen LogP contribution is -2.39. The SMILES string of the molecule is CC1C=CC[C@@]2(C)[C@@H]3CC[C@@]12CC3(C)C. The summed E-state index contributed by atoms with van der Waals surface area (Å²) < 4.78 is 0. The maximum Gasteiger partial charge on any atom is -0.0172 e. The highest BCUT2D eigenvalue weighted by Crippen LogP contribution is 2.76. The molecule has 0 radical (unpaired) electrons. The van der Waals surface area contributed by atoms with Gasteiger partial charge < -0.3 is 0 Å². The summed E-state index contributed by atoms with van der Waals surface area (Å²) in [4.78, 5) is 0. The van der Waals surface area contributed by atoms with Crippen LogP contribution in [0.3, 0.4) is 0 Å². The lowest BCUT2D eigenvalue weighted by Gasteiger charge is -2.47. The van der Waals surface area contributed by atoms with Gasteiger partial charge >= 0.3 is 0 Å². The topological polar surface area (TPSA) is 0 Å². The summed E-state index contributed by atoms with van der Waals surface area (Å²) in [6, 6.07) is 0. The molecular weight excluding hydrogens is 180 g/mol. The molecule has 0 aromatic rings. The van der Waals surface area contributed by atoms with E-state index in [1.807, 2.05) is 0 Å². The summed E-state index contributed by atoms with van der Waals surface area (Å²) in [5.74, 6) is 1.78. The van der Waals surface area contributed by atoms with Crippen LogP contribution in [0, 0.1) is 28.1 Å². The molecule has 0 aromatic carbocycles. The quantitative estimate of drug-likeness (QED) is 0.513. The van der Waals surface area contributed by atoms with Crippen molar-refractivity contribution in [2.75, 3.05) is 0 Å². The second-order valence-electron chi connectivity index (χ2n) is 7.25. The van der Waals surface area contributed by atoms with Crippen molar-refractivity contribution in [1.82, 2.24) is 0 Å². The Labute approximate surface area is 94.1 Å². The van der Waals surface area contributed by atoms with Crippen LogP contribution in [0.4, 0.5) is 0 Å². The van der Waals surface area contributed by atoms with E-state index in [9.17, 15) is 0 Å². The molecule has 3 rings (SSSR count). The van der Waals surface area contributed by atoms with E-state index >= 15 is 0 Å². The molecule has 0 heterocycles. The minimum absolute atomic E-state index is 0.591. The van der Waals surface area contributed by atoms with Crippen LogP contribution >= 0.6 is 0 Å². The molecule has 1 unspecified atom stereocenters. The lowest BCUT2D eigenvalue weighted by atomic mass is 9.58. The first-order valence-corrected chi connectivity index (χ1v) is 6.59. The number of allylic oxidation sites excluding steroid dienone is 2. The Hall–Kier alpha value is -0.260. The fourth-order valence-electron chi connectivity index (χ4n) is 5.79. The standard InChI is InChI=1S/C15H24/c1-11-6-5-8-14(4)12-7-9-15(11,14)10-13(12,2)3/h5-6,11-12H,7-10H2,1-4H3/t11?,12-,14+,15-/m1/s1. The van der Waals surface area contributed by atoms with Crippen LogP contribution < -0.4 is 0 Å². The maximum absolute atomic E-state index is 2.58. The third-order valence-corrected chi connectivity index (χ3v) is 6.34. The summed E-state index contributed by atoms with van der Waals surface area (Å²) >= 11 is 0. The van der Waals surface area contributed by atoms with Gasteiger partial charge in [0.2, 0.25) is 0 Å². The molecule has 0 saturated heterocycles. The van der Waals surface area contributed by atoms with Gasteiger partial charge in [-0.2, -0.15) is 0 Å². The van der Waals surface area contributed by atoms with Crippen LogP contribution in [0.2, 0.25) is 0 Å². The van der Waals surface area contributed by atoms with E-state index < -0.39 is 0 Å². The van der Waals surface area contributed by atoms with Crippen LogP contribution in [0.5, 0.6) is 0 Å². The highest BCUT2D eigenvalue weighted by Gasteiger charge is 2.68. The van der Waals surface area contributed by atoms with Gasteiger partial charge in [-0.15, -0.1) is 0 Å². The molecule has 4 atom stereocenters. The Morgan fingerprint density at radius 2 is 1.93 bits per heavy atom. The van der Waals surface area contributed by atoms with Gasteiger partial charge in [0.1, 0.15) is 0 Å². The van der Waals surface area contributed by atoms with Crippen LogP contribution in [0.25, 0.3) is 0 Å². The molecule has 3 aliphatic rings. The zero-order valence-electron chi connectivity index (χ0n) is 10.6. The molecule has 0 spiro atoms. The first kappa shape index (κ1) is 9.93. The molecule has 0 aromatic heterocycles. The van der Waals surface area contributed by atoms with Crippen molar-refractivity contribution < 1.29 is 0 Å². The Morgan fingerprint density at radius 3 is 2.53 bits per heavy atom. The zero-order valence-corrected chi connectivity index (χ0v) is 10.6. The summed E-state index contributed by atoms with van der Waals surface area (Å²) in [5, 5.41) is 0. The van der Waals surface area contributed by atoms with Gasteiger partial charge in [0.25, 0.3) is 0 Å². The average Bonchev–Trinajstić information content (AvgIpc) is 2.50. The number of rotatable bonds is 0. The van der Waals surface area contributed by atoms with E-state index in [0.29, 0.717) is 16.2 Å². The van der Waals surface area contributed by atoms with Crippen LogP contribution in [-0.4, -0.2) is 0 Å². The first-order valence-electron chi connectivity index (χ1n) is 6.59. The van der Waals surface area contributed by atoms with Gasteiger partial charge in [-0.25, -0.2) is 0 Å². The van der Waals surface area contributed by atoms with Gasteiger partial charge in [-0.3, -0.25) is 0 Å². The van der Waals surface area contributed by atoms with Crippen molar-refractivity contribution in [3.8, 4) is 0 Å². The van der Waals surface area contributed by atoms with Gasteiger partial charge in [-0.05, 0) is 53.8 Å². The molecule has 0 N–H and O–H groups in total. The van der Waals surface area contributed by atoms with Crippen molar-refractivity contribution in [3.63, 3.8) is 0 Å². The normalized spacial score (nSPS) is 55.7. The van der Waals surface area contributed by atoms with Crippen molar-refractivity contribution in [2.24, 2.45) is 28.1 Å². The van der Waals surface area contributed by atoms with Crippen molar-refractivity contribution >= 4 is 0 Å². The van der Waals surface area contributed by atoms with Crippen LogP contribution in [0.1, 0.15) is 53.4 Å². The third-order valence-electron chi connectivity index (χ3n) is 6.34. The van der Waals surface area contributed by atoms with E-state index in [1.54, 1.807) is 0 Å². The summed E-state index contributed by atoms with van der Waals surface area (Å²) in [6.07, 6.45) is 10.7. The molecular formula is C15H24. The summed E-state index contributed by atoms with van der Waals surface area (Å²) in [7, 11) is 0. The molecule has 15 heavy (non-hydrogen) atoms. The number of hydrogen-bond donors (Lipinski definition) is 0. The van der Waals surface area contributed by atoms with Gasteiger partial charge in [0.15, 0.2) is 0 Å². The van der Waals surface area contributed by atoms with E-state index in [-0.39, 0.29) is 0 Å². The molecule has 84 valence electrons. The predicted octanol–water partition coefficient (Wildman–Crippen LogP) is 4.42. The summed E-state index contributed by atoms with van der Waals surface area (Å²) in [6.45, 7) is 10.1.